The molecule has 1 atom stereocenters. The lowest BCUT2D eigenvalue weighted by atomic mass is 9.89. The van der Waals surface area contributed by atoms with E-state index in [-0.39, 0.29) is 6.61 Å². The standard InChI is InChI=1S/C14H22O3/c1-4-11-10-12(6-7-13(11)17-3)14(2,16)8-5-9-15/h6-7,10,15-16H,4-5,8-9H2,1-3H3. The van der Waals surface area contributed by atoms with E-state index >= 15 is 0 Å². The Morgan fingerprint density at radius 3 is 2.59 bits per heavy atom. The van der Waals surface area contributed by atoms with Crippen molar-refractivity contribution < 1.29 is 14.9 Å². The quantitative estimate of drug-likeness (QED) is 0.799. The van der Waals surface area contributed by atoms with Crippen LogP contribution in [0.2, 0.25) is 0 Å². The van der Waals surface area contributed by atoms with Crippen LogP contribution in [0, 0.1) is 0 Å². The van der Waals surface area contributed by atoms with Crippen LogP contribution in [0.1, 0.15) is 37.8 Å². The summed E-state index contributed by atoms with van der Waals surface area (Å²) >= 11 is 0. The van der Waals surface area contributed by atoms with Crippen molar-refractivity contribution in [3.63, 3.8) is 0 Å². The second kappa shape index (κ2) is 6.03. The second-order valence-corrected chi connectivity index (χ2v) is 4.48. The highest BCUT2D eigenvalue weighted by atomic mass is 16.5. The van der Waals surface area contributed by atoms with Crippen LogP contribution in [0.25, 0.3) is 0 Å². The molecule has 0 radical (unpaired) electrons. The van der Waals surface area contributed by atoms with Crippen molar-refractivity contribution in [2.75, 3.05) is 13.7 Å². The highest BCUT2D eigenvalue weighted by Crippen LogP contribution is 2.30. The number of aliphatic hydroxyl groups excluding tert-OH is 1. The molecule has 0 aromatic heterocycles. The SMILES string of the molecule is CCc1cc(C(C)(O)CCCO)ccc1OC. The van der Waals surface area contributed by atoms with Gasteiger partial charge in [0.25, 0.3) is 0 Å². The summed E-state index contributed by atoms with van der Waals surface area (Å²) in [6.45, 7) is 3.95. The molecule has 0 fully saturated rings. The Hall–Kier alpha value is -1.06. The number of benzene rings is 1. The molecule has 0 heterocycles. The topological polar surface area (TPSA) is 49.7 Å². The molecule has 0 amide bonds. The Bertz CT molecular complexity index is 358. The van der Waals surface area contributed by atoms with Gasteiger partial charge in [-0.1, -0.05) is 13.0 Å². The van der Waals surface area contributed by atoms with Crippen LogP contribution in [0.15, 0.2) is 18.2 Å². The number of hydrogen-bond acceptors (Lipinski definition) is 3. The molecule has 96 valence electrons. The molecule has 1 aromatic carbocycles. The Morgan fingerprint density at radius 2 is 2.06 bits per heavy atom. The van der Waals surface area contributed by atoms with Crippen molar-refractivity contribution in [1.29, 1.82) is 0 Å². The second-order valence-electron chi connectivity index (χ2n) is 4.48. The van der Waals surface area contributed by atoms with E-state index in [2.05, 4.69) is 6.92 Å². The lowest BCUT2D eigenvalue weighted by molar-refractivity contribution is 0.0402. The van der Waals surface area contributed by atoms with Gasteiger partial charge in [0.15, 0.2) is 0 Å². The molecule has 0 aliphatic rings. The minimum absolute atomic E-state index is 0.104. The fourth-order valence-electron chi connectivity index (χ4n) is 1.96. The smallest absolute Gasteiger partial charge is 0.122 e. The molecule has 0 saturated heterocycles. The first-order chi connectivity index (χ1) is 8.05. The van der Waals surface area contributed by atoms with Gasteiger partial charge in [-0.15, -0.1) is 0 Å². The summed E-state index contributed by atoms with van der Waals surface area (Å²) in [4.78, 5) is 0. The van der Waals surface area contributed by atoms with Crippen molar-refractivity contribution >= 4 is 0 Å². The summed E-state index contributed by atoms with van der Waals surface area (Å²) in [5, 5.41) is 19.2. The fourth-order valence-corrected chi connectivity index (χ4v) is 1.96. The van der Waals surface area contributed by atoms with Gasteiger partial charge in [-0.05, 0) is 49.4 Å². The van der Waals surface area contributed by atoms with Crippen molar-refractivity contribution in [2.45, 2.75) is 38.7 Å². The predicted octanol–water partition coefficient (Wildman–Crippen LogP) is 2.24. The zero-order chi connectivity index (χ0) is 12.9. The minimum atomic E-state index is -0.890. The molecule has 2 N–H and O–H groups in total. The first-order valence-corrected chi connectivity index (χ1v) is 6.05. The van der Waals surface area contributed by atoms with Gasteiger partial charge in [0, 0.05) is 6.61 Å². The van der Waals surface area contributed by atoms with Crippen molar-refractivity contribution in [1.82, 2.24) is 0 Å². The molecule has 0 saturated carbocycles. The summed E-state index contributed by atoms with van der Waals surface area (Å²) in [5.74, 6) is 0.856. The van der Waals surface area contributed by atoms with E-state index in [0.29, 0.717) is 12.8 Å². The molecule has 3 nitrogen and oxygen atoms in total. The molecule has 0 aliphatic heterocycles. The zero-order valence-corrected chi connectivity index (χ0v) is 10.9. The first-order valence-electron chi connectivity index (χ1n) is 6.05. The van der Waals surface area contributed by atoms with Gasteiger partial charge >= 0.3 is 0 Å². The van der Waals surface area contributed by atoms with E-state index < -0.39 is 5.60 Å². The van der Waals surface area contributed by atoms with Crippen LogP contribution < -0.4 is 4.74 Å². The summed E-state index contributed by atoms with van der Waals surface area (Å²) < 4.78 is 5.26. The molecule has 0 aliphatic carbocycles. The number of ether oxygens (including phenoxy) is 1. The zero-order valence-electron chi connectivity index (χ0n) is 10.9. The molecule has 17 heavy (non-hydrogen) atoms. The van der Waals surface area contributed by atoms with Crippen molar-refractivity contribution in [2.24, 2.45) is 0 Å². The van der Waals surface area contributed by atoms with Gasteiger partial charge in [-0.3, -0.25) is 0 Å². The third-order valence-electron chi connectivity index (χ3n) is 3.10. The summed E-state index contributed by atoms with van der Waals surface area (Å²) in [6.07, 6.45) is 2.02. The summed E-state index contributed by atoms with van der Waals surface area (Å²) in [6, 6.07) is 5.76. The van der Waals surface area contributed by atoms with Gasteiger partial charge in [0.2, 0.25) is 0 Å². The first kappa shape index (κ1) is 14.0. The molecular weight excluding hydrogens is 216 g/mol. The number of rotatable bonds is 6. The van der Waals surface area contributed by atoms with Gasteiger partial charge < -0.3 is 14.9 Å². The van der Waals surface area contributed by atoms with Crippen LogP contribution in [0.3, 0.4) is 0 Å². The largest absolute Gasteiger partial charge is 0.496 e. The maximum atomic E-state index is 10.3. The molecule has 0 bridgehead atoms. The lowest BCUT2D eigenvalue weighted by Gasteiger charge is -2.24. The Labute approximate surface area is 103 Å². The third-order valence-corrected chi connectivity index (χ3v) is 3.10. The van der Waals surface area contributed by atoms with Gasteiger partial charge in [0.1, 0.15) is 5.75 Å². The van der Waals surface area contributed by atoms with E-state index in [9.17, 15) is 5.11 Å². The average Bonchev–Trinajstić information content (AvgIpc) is 2.35. The number of methoxy groups -OCH3 is 1. The van der Waals surface area contributed by atoms with E-state index in [0.717, 1.165) is 23.3 Å². The van der Waals surface area contributed by atoms with Crippen LogP contribution in [-0.4, -0.2) is 23.9 Å². The number of aliphatic hydroxyl groups is 2. The van der Waals surface area contributed by atoms with Crippen LogP contribution in [0.4, 0.5) is 0 Å². The van der Waals surface area contributed by atoms with Crippen molar-refractivity contribution in [3.8, 4) is 5.75 Å². The Kier molecular flexibility index (Phi) is 4.97. The maximum absolute atomic E-state index is 10.3. The molecule has 1 aromatic rings. The highest BCUT2D eigenvalue weighted by molar-refractivity contribution is 5.39. The van der Waals surface area contributed by atoms with Gasteiger partial charge in [-0.2, -0.15) is 0 Å². The highest BCUT2D eigenvalue weighted by Gasteiger charge is 2.23. The lowest BCUT2D eigenvalue weighted by Crippen LogP contribution is -2.21. The monoisotopic (exact) mass is 238 g/mol. The molecule has 0 spiro atoms. The van der Waals surface area contributed by atoms with Crippen molar-refractivity contribution in [3.05, 3.63) is 29.3 Å². The molecule has 1 unspecified atom stereocenters. The van der Waals surface area contributed by atoms with E-state index in [4.69, 9.17) is 9.84 Å². The van der Waals surface area contributed by atoms with E-state index in [1.165, 1.54) is 0 Å². The van der Waals surface area contributed by atoms with Gasteiger partial charge in [-0.25, -0.2) is 0 Å². The van der Waals surface area contributed by atoms with Gasteiger partial charge in [0.05, 0.1) is 12.7 Å². The summed E-state index contributed by atoms with van der Waals surface area (Å²) in [7, 11) is 1.65. The Morgan fingerprint density at radius 1 is 1.35 bits per heavy atom. The average molecular weight is 238 g/mol. The summed E-state index contributed by atoms with van der Waals surface area (Å²) in [5.41, 5.74) is 1.08. The molecule has 3 heteroatoms. The van der Waals surface area contributed by atoms with Crippen LogP contribution in [-0.2, 0) is 12.0 Å². The van der Waals surface area contributed by atoms with E-state index in [1.807, 2.05) is 18.2 Å². The molecule has 1 rings (SSSR count). The Balaban J connectivity index is 2.98. The third kappa shape index (κ3) is 3.45. The van der Waals surface area contributed by atoms with E-state index in [1.54, 1.807) is 14.0 Å². The predicted molar refractivity (Wildman–Crippen MR) is 68.3 cm³/mol. The maximum Gasteiger partial charge on any atom is 0.122 e. The normalized spacial score (nSPS) is 14.4. The fraction of sp³-hybridized carbons (Fsp3) is 0.571. The molecular formula is C14H22O3. The van der Waals surface area contributed by atoms with Crippen LogP contribution >= 0.6 is 0 Å². The number of aryl methyl sites for hydroxylation is 1. The van der Waals surface area contributed by atoms with Crippen LogP contribution in [0.5, 0.6) is 5.75 Å². The minimum Gasteiger partial charge on any atom is -0.496 e. The number of hydrogen-bond donors (Lipinski definition) is 2.